The van der Waals surface area contributed by atoms with E-state index in [-0.39, 0.29) is 0 Å². The van der Waals surface area contributed by atoms with Crippen molar-refractivity contribution in [2.45, 2.75) is 20.3 Å². The molecule has 1 N–H and O–H groups in total. The van der Waals surface area contributed by atoms with Crippen LogP contribution in [-0.4, -0.2) is 9.97 Å². The Morgan fingerprint density at radius 2 is 1.83 bits per heavy atom. The van der Waals surface area contributed by atoms with Crippen LogP contribution >= 0.6 is 0 Å². The molecule has 2 heterocycles. The van der Waals surface area contributed by atoms with Gasteiger partial charge in [0.2, 0.25) is 0 Å². The molecule has 3 aromatic rings. The zero-order chi connectivity index (χ0) is 12.5. The normalized spacial score (nSPS) is 11.0. The first-order chi connectivity index (χ1) is 8.75. The van der Waals surface area contributed by atoms with Crippen molar-refractivity contribution < 1.29 is 0 Å². The molecule has 0 saturated carbocycles. The van der Waals surface area contributed by atoms with Crippen LogP contribution in [0.4, 0.5) is 0 Å². The number of hydrogen-bond donors (Lipinski definition) is 1. The summed E-state index contributed by atoms with van der Waals surface area (Å²) >= 11 is 0. The van der Waals surface area contributed by atoms with E-state index >= 15 is 0 Å². The fourth-order valence-electron chi connectivity index (χ4n) is 2.36. The molecule has 3 rings (SSSR count). The van der Waals surface area contributed by atoms with Crippen molar-refractivity contribution in [2.24, 2.45) is 0 Å². The highest BCUT2D eigenvalue weighted by molar-refractivity contribution is 5.86. The third-order valence-electron chi connectivity index (χ3n) is 3.52. The highest BCUT2D eigenvalue weighted by atomic mass is 14.8. The standard InChI is InChI=1S/C16H16N2/c1-11-12(2)18-16-14(11)8-9-17-15(16)10-13-6-4-3-5-7-13/h3-9,18H,10H2,1-2H3. The van der Waals surface area contributed by atoms with E-state index in [9.17, 15) is 0 Å². The number of aryl methyl sites for hydroxylation is 2. The van der Waals surface area contributed by atoms with E-state index in [4.69, 9.17) is 0 Å². The monoisotopic (exact) mass is 236 g/mol. The molecule has 0 bridgehead atoms. The number of benzene rings is 1. The van der Waals surface area contributed by atoms with Crippen LogP contribution in [0.2, 0.25) is 0 Å². The van der Waals surface area contributed by atoms with Crippen LogP contribution in [0.3, 0.4) is 0 Å². The summed E-state index contributed by atoms with van der Waals surface area (Å²) in [5.41, 5.74) is 6.14. The summed E-state index contributed by atoms with van der Waals surface area (Å²) in [5.74, 6) is 0. The fraction of sp³-hybridized carbons (Fsp3) is 0.188. The van der Waals surface area contributed by atoms with E-state index in [0.29, 0.717) is 0 Å². The average Bonchev–Trinajstić information content (AvgIpc) is 2.69. The molecular weight excluding hydrogens is 220 g/mol. The number of hydrogen-bond acceptors (Lipinski definition) is 1. The molecule has 0 radical (unpaired) electrons. The Hall–Kier alpha value is -2.09. The minimum absolute atomic E-state index is 0.873. The lowest BCUT2D eigenvalue weighted by molar-refractivity contribution is 1.08. The summed E-state index contributed by atoms with van der Waals surface area (Å²) in [7, 11) is 0. The fourth-order valence-corrected chi connectivity index (χ4v) is 2.36. The van der Waals surface area contributed by atoms with Crippen molar-refractivity contribution in [1.29, 1.82) is 0 Å². The summed E-state index contributed by atoms with van der Waals surface area (Å²) < 4.78 is 0. The maximum atomic E-state index is 4.53. The Morgan fingerprint density at radius 3 is 2.61 bits per heavy atom. The highest BCUT2D eigenvalue weighted by Crippen LogP contribution is 2.24. The Morgan fingerprint density at radius 1 is 1.06 bits per heavy atom. The summed E-state index contributed by atoms with van der Waals surface area (Å²) in [6.45, 7) is 4.27. The van der Waals surface area contributed by atoms with E-state index in [2.05, 4.69) is 54.1 Å². The predicted molar refractivity (Wildman–Crippen MR) is 74.8 cm³/mol. The number of nitrogens with zero attached hydrogens (tertiary/aromatic N) is 1. The second-order valence-electron chi connectivity index (χ2n) is 4.72. The minimum atomic E-state index is 0.873. The van der Waals surface area contributed by atoms with Crippen LogP contribution in [0.25, 0.3) is 10.9 Å². The molecule has 0 aliphatic heterocycles. The van der Waals surface area contributed by atoms with Gasteiger partial charge in [-0.3, -0.25) is 4.98 Å². The van der Waals surface area contributed by atoms with Crippen molar-refractivity contribution in [2.75, 3.05) is 0 Å². The van der Waals surface area contributed by atoms with Gasteiger partial charge in [0.1, 0.15) is 0 Å². The number of H-pyrrole nitrogens is 1. The van der Waals surface area contributed by atoms with Gasteiger partial charge in [0, 0.05) is 23.7 Å². The predicted octanol–water partition coefficient (Wildman–Crippen LogP) is 3.77. The molecule has 2 aromatic heterocycles. The number of aromatic nitrogens is 2. The summed E-state index contributed by atoms with van der Waals surface area (Å²) in [4.78, 5) is 7.98. The van der Waals surface area contributed by atoms with Crippen LogP contribution in [0.5, 0.6) is 0 Å². The lowest BCUT2D eigenvalue weighted by atomic mass is 10.1. The number of rotatable bonds is 2. The molecule has 0 fully saturated rings. The van der Waals surface area contributed by atoms with Gasteiger partial charge in [0.05, 0.1) is 11.2 Å². The van der Waals surface area contributed by atoms with Gasteiger partial charge in [0.15, 0.2) is 0 Å². The van der Waals surface area contributed by atoms with Crippen LogP contribution in [0, 0.1) is 13.8 Å². The average molecular weight is 236 g/mol. The molecule has 0 unspecified atom stereocenters. The van der Waals surface area contributed by atoms with Crippen molar-refractivity contribution in [1.82, 2.24) is 9.97 Å². The summed E-state index contributed by atoms with van der Waals surface area (Å²) in [6.07, 6.45) is 2.78. The lowest BCUT2D eigenvalue weighted by Gasteiger charge is -2.02. The van der Waals surface area contributed by atoms with E-state index in [0.717, 1.165) is 12.1 Å². The Bertz CT molecular complexity index is 681. The van der Waals surface area contributed by atoms with Gasteiger partial charge in [-0.1, -0.05) is 30.3 Å². The zero-order valence-corrected chi connectivity index (χ0v) is 10.7. The van der Waals surface area contributed by atoms with Crippen molar-refractivity contribution in [3.8, 4) is 0 Å². The first-order valence-electron chi connectivity index (χ1n) is 6.22. The molecule has 0 aliphatic carbocycles. The van der Waals surface area contributed by atoms with E-state index in [1.165, 1.54) is 27.7 Å². The van der Waals surface area contributed by atoms with Gasteiger partial charge in [-0.2, -0.15) is 0 Å². The second-order valence-corrected chi connectivity index (χ2v) is 4.72. The van der Waals surface area contributed by atoms with Gasteiger partial charge in [-0.05, 0) is 31.0 Å². The molecule has 0 aliphatic rings. The van der Waals surface area contributed by atoms with Crippen LogP contribution < -0.4 is 0 Å². The third kappa shape index (κ3) is 1.80. The molecular formula is C16H16N2. The van der Waals surface area contributed by atoms with E-state index in [1.54, 1.807) is 0 Å². The molecule has 18 heavy (non-hydrogen) atoms. The lowest BCUT2D eigenvalue weighted by Crippen LogP contribution is -1.93. The summed E-state index contributed by atoms with van der Waals surface area (Å²) in [5, 5.41) is 1.29. The van der Waals surface area contributed by atoms with Gasteiger partial charge >= 0.3 is 0 Å². The number of aromatic amines is 1. The molecule has 2 nitrogen and oxygen atoms in total. The van der Waals surface area contributed by atoms with Gasteiger partial charge in [-0.25, -0.2) is 0 Å². The molecule has 2 heteroatoms. The van der Waals surface area contributed by atoms with Crippen molar-refractivity contribution >= 4 is 10.9 Å². The number of fused-ring (bicyclic) bond motifs is 1. The van der Waals surface area contributed by atoms with Gasteiger partial charge in [-0.15, -0.1) is 0 Å². The SMILES string of the molecule is Cc1[nH]c2c(Cc3ccccc3)nccc2c1C. The highest BCUT2D eigenvalue weighted by Gasteiger charge is 2.09. The van der Waals surface area contributed by atoms with Crippen LogP contribution in [0.1, 0.15) is 22.5 Å². The number of pyridine rings is 1. The van der Waals surface area contributed by atoms with Crippen molar-refractivity contribution in [3.05, 3.63) is 65.1 Å². The summed E-state index contributed by atoms with van der Waals surface area (Å²) in [6, 6.07) is 12.6. The minimum Gasteiger partial charge on any atom is -0.357 e. The molecule has 0 spiro atoms. The third-order valence-corrected chi connectivity index (χ3v) is 3.52. The first kappa shape index (κ1) is 11.0. The smallest absolute Gasteiger partial charge is 0.0688 e. The second kappa shape index (κ2) is 4.30. The maximum Gasteiger partial charge on any atom is 0.0688 e. The van der Waals surface area contributed by atoms with E-state index in [1.807, 2.05) is 12.3 Å². The van der Waals surface area contributed by atoms with Crippen molar-refractivity contribution in [3.63, 3.8) is 0 Å². The van der Waals surface area contributed by atoms with Gasteiger partial charge < -0.3 is 4.98 Å². The van der Waals surface area contributed by atoms with Crippen LogP contribution in [0.15, 0.2) is 42.6 Å². The largest absolute Gasteiger partial charge is 0.357 e. The molecule has 1 aromatic carbocycles. The molecule has 0 atom stereocenters. The Balaban J connectivity index is 2.10. The molecule has 0 amide bonds. The molecule has 0 saturated heterocycles. The maximum absolute atomic E-state index is 4.53. The van der Waals surface area contributed by atoms with E-state index < -0.39 is 0 Å². The number of nitrogens with one attached hydrogen (secondary N) is 1. The Kier molecular flexibility index (Phi) is 2.63. The Labute approximate surface area is 107 Å². The molecule has 90 valence electrons. The first-order valence-corrected chi connectivity index (χ1v) is 6.22. The van der Waals surface area contributed by atoms with Crippen LogP contribution in [-0.2, 0) is 6.42 Å². The quantitative estimate of drug-likeness (QED) is 0.721. The van der Waals surface area contributed by atoms with Gasteiger partial charge in [0.25, 0.3) is 0 Å². The zero-order valence-electron chi connectivity index (χ0n) is 10.7. The topological polar surface area (TPSA) is 28.7 Å².